The van der Waals surface area contributed by atoms with Gasteiger partial charge in [0.15, 0.2) is 58.2 Å². The fourth-order valence-corrected chi connectivity index (χ4v) is 15.0. The molecule has 0 saturated heterocycles. The summed E-state index contributed by atoms with van der Waals surface area (Å²) in [6, 6.07) is 19.2. The van der Waals surface area contributed by atoms with Crippen LogP contribution in [0.3, 0.4) is 0 Å². The summed E-state index contributed by atoms with van der Waals surface area (Å²) < 4.78 is 32.7. The molecule has 0 radical (unpaired) electrons. The van der Waals surface area contributed by atoms with Crippen LogP contribution < -0.4 is 62.9 Å². The zero-order valence-electron chi connectivity index (χ0n) is 68.7. The Morgan fingerprint density at radius 2 is 0.780 bits per heavy atom. The zero-order valence-corrected chi connectivity index (χ0v) is 83.7. The second-order valence-corrected chi connectivity index (χ2v) is 39.4. The first-order chi connectivity index (χ1) is 55.9. The Hall–Kier alpha value is -6.19. The molecule has 0 amide bonds. The molecule has 5 atom stereocenters. The number of aromatic amines is 1. The molecule has 9 aromatic heterocycles. The number of anilines is 1. The van der Waals surface area contributed by atoms with Crippen molar-refractivity contribution in [2.24, 2.45) is 25.7 Å². The predicted octanol–water partition coefficient (Wildman–Crippen LogP) is 17.4. The number of nitrogens with zero attached hydrogens (tertiary/aromatic N) is 12. The first-order valence-corrected chi connectivity index (χ1v) is 42.1. The molecular weight excluding hydrogens is 2070 g/mol. The standard InChI is InChI=1S/4C12H14N2O3S.C6H3ClN2O.C6H4N2OS.C5H6N2O.C5H11NO2S.C2H4S2.CH3F.8CH4.Cl2OS.4ClH.K/c4*1-12(2)10(11(16)17)14-9(18-12)6-7-8(15)4-3-5-13-7;7-6-9-5-4(10-6)2-1-3-8-5;10-6-8-5-4(9-6)2-1-3-7-5;6-5-4(8)2-1-3-7-5;1-5(2,9)3(6)4(7)8;1-2(3)4;1-2;;;;;;;;;1-4(2)3;;;;;/h4*3-5,10,15H,6H2,1-2H3,(H,16,17);1-3H;1-3H,(H,7,8,10);1-3,8H,(H2,6,7);3,9H,6H2,1-2H3,(H,7,8);1H3,(H,3,4);1H3;8*1H4;;4*1H;/q;;;;;;;;;;;;;;;;;;;;;;;+1/p-1/t4*10-;;;;;;;;;;;;;;;;;;;;/m1100..................../s1/i;;;;;;;;;1D;;;;;;;;;;;;;;. The third-order valence-electron chi connectivity index (χ3n) is 15.1. The summed E-state index contributed by atoms with van der Waals surface area (Å²) >= 11 is 28.6. The number of hydrogen-bond acceptors (Lipinski definition) is 35. The molecule has 13 heterocycles. The molecule has 132 heavy (non-hydrogen) atoms. The number of pyridine rings is 7. The molecule has 1 unspecified atom stereocenters. The van der Waals surface area contributed by atoms with Crippen LogP contribution in [0.5, 0.6) is 28.7 Å². The first-order valence-electron chi connectivity index (χ1n) is 34.7. The molecule has 9 aromatic rings. The van der Waals surface area contributed by atoms with Crippen LogP contribution in [0.2, 0.25) is 5.35 Å². The monoisotopic (exact) mass is 2180 g/mol. The average molecular weight is 2190 g/mol. The number of thiol groups is 1. The first kappa shape index (κ1) is 146. The minimum atomic E-state index is -1.67. The van der Waals surface area contributed by atoms with Crippen molar-refractivity contribution in [3.63, 3.8) is 0 Å². The number of carboxylic acids is 5. The van der Waals surface area contributed by atoms with Crippen molar-refractivity contribution in [2.45, 2.75) is 215 Å². The normalized spacial score (nSPS) is 15.6. The van der Waals surface area contributed by atoms with E-state index in [-0.39, 0.29) is 200 Å². The van der Waals surface area contributed by atoms with E-state index < -0.39 is 100 Å². The van der Waals surface area contributed by atoms with E-state index in [9.17, 15) is 48.8 Å². The number of nitrogens with two attached hydrogens (primary N) is 2. The zero-order chi connectivity index (χ0) is 90.8. The summed E-state index contributed by atoms with van der Waals surface area (Å²) in [4.78, 5) is 106. The number of nitrogen functional groups attached to an aromatic ring is 1. The van der Waals surface area contributed by atoms with Crippen LogP contribution in [0.15, 0.2) is 157 Å². The molecular formula is C81H122Cl7FKN15O18S9. The SMILES string of the molecule is C.C.C.C.C.C.C.C.CC(=S)[S-].CC(C)(S)C(N)C(=O)O.CC1(C)SC(Cc2ncccc2O)=N[C@@H]1C(=O)O.CC1(C)SC(Cc2ncccc2O)=N[C@@H]1C(=O)O.CC1(C)SC(Cc2ncccc2O)=N[C@H]1C(=O)O.CC1(C)SC(Cc2ncccc2O)=N[C@H]1C(=O)O.Cl.Cl.Cl.Cl.Clc1nc2ncccc2o1.Nc1ncccc1O.O=S(Cl)Cl.S=c1[nH]c2ncccc2o1.[2H]CF.[K+]. The predicted molar refractivity (Wildman–Crippen MR) is 561 cm³/mol. The van der Waals surface area contributed by atoms with Gasteiger partial charge >= 0.3 is 81.2 Å². The van der Waals surface area contributed by atoms with Crippen molar-refractivity contribution in [3.8, 4) is 28.7 Å². The Kier molecular flexibility index (Phi) is 78.9. The van der Waals surface area contributed by atoms with Gasteiger partial charge in [-0.3, -0.25) is 54.1 Å². The van der Waals surface area contributed by atoms with Gasteiger partial charge in [-0.1, -0.05) is 66.3 Å². The number of hydrogen-bond donors (Lipinski definition) is 14. The number of thiocarbonyl (C=S) groups is 1. The van der Waals surface area contributed by atoms with Gasteiger partial charge in [0.25, 0.3) is 10.2 Å². The van der Waals surface area contributed by atoms with Gasteiger partial charge in [0, 0.05) is 114 Å². The number of halogens is 8. The van der Waals surface area contributed by atoms with E-state index in [1.54, 1.807) is 131 Å². The molecule has 0 spiro atoms. The maximum absolute atomic E-state index is 11.1. The number of carbonyl (C=O) groups is 5. The van der Waals surface area contributed by atoms with Gasteiger partial charge in [0.2, 0.25) is 9.23 Å². The Bertz CT molecular complexity index is 4720. The van der Waals surface area contributed by atoms with Gasteiger partial charge in [-0.2, -0.15) is 21.8 Å². The number of H-pyrrole nitrogens is 1. The number of nitrogens with one attached hydrogen (secondary N) is 1. The molecule has 13 rings (SSSR count). The number of thioether (sulfide) groups is 4. The molecule has 4 aliphatic heterocycles. The van der Waals surface area contributed by atoms with E-state index >= 15 is 0 Å². The molecule has 0 aromatic carbocycles. The number of aromatic hydroxyl groups is 5. The van der Waals surface area contributed by atoms with Crippen LogP contribution in [0.1, 0.15) is 160 Å². The summed E-state index contributed by atoms with van der Waals surface area (Å²) in [5.41, 5.74) is 15.0. The number of rotatable bonds is 14. The minimum Gasteiger partial charge on any atom is -0.506 e. The van der Waals surface area contributed by atoms with Crippen LogP contribution in [0.25, 0.3) is 22.5 Å². The number of aliphatic carboxylic acids is 5. The topological polar surface area (TPSA) is 551 Å². The number of oxazole rings is 2. The fourth-order valence-electron chi connectivity index (χ4n) is 9.56. The molecule has 4 aliphatic rings. The molecule has 0 aliphatic carbocycles. The number of alkyl halides is 1. The smallest absolute Gasteiger partial charge is 0.506 e. The van der Waals surface area contributed by atoms with E-state index in [2.05, 4.69) is 124 Å². The maximum atomic E-state index is 11.1. The largest absolute Gasteiger partial charge is 1.00 e. The van der Waals surface area contributed by atoms with Crippen LogP contribution in [-0.4, -0.2) is 215 Å². The Morgan fingerprint density at radius 3 is 0.985 bits per heavy atom. The van der Waals surface area contributed by atoms with Crippen LogP contribution in [-0.2, 0) is 71.5 Å². The minimum absolute atomic E-state index is 0. The van der Waals surface area contributed by atoms with Crippen molar-refractivity contribution in [1.29, 1.82) is 0 Å². The van der Waals surface area contributed by atoms with E-state index in [1.807, 2.05) is 61.5 Å². The Balaban J connectivity index is -0.000000140. The van der Waals surface area contributed by atoms with Crippen molar-refractivity contribution in [1.82, 2.24) is 44.9 Å². The summed E-state index contributed by atoms with van der Waals surface area (Å²) in [5.74, 6) is -4.07. The van der Waals surface area contributed by atoms with Crippen LogP contribution in [0, 0.1) is 4.84 Å². The number of fused-ring (bicyclic) bond motifs is 2. The van der Waals surface area contributed by atoms with Crippen molar-refractivity contribution < 1.29 is 145 Å². The van der Waals surface area contributed by atoms with Crippen molar-refractivity contribution >= 4 is 271 Å². The van der Waals surface area contributed by atoms with E-state index in [0.29, 0.717) is 100 Å². The molecule has 740 valence electrons. The van der Waals surface area contributed by atoms with Gasteiger partial charge in [-0.05, 0) is 178 Å². The Labute approximate surface area is 895 Å². The van der Waals surface area contributed by atoms with Gasteiger partial charge in [0.1, 0.15) is 29.0 Å². The van der Waals surface area contributed by atoms with Crippen LogP contribution in [0.4, 0.5) is 10.2 Å². The molecule has 0 bridgehead atoms. The van der Waals surface area contributed by atoms with E-state index in [4.69, 9.17) is 80.3 Å². The number of aromatic nitrogens is 9. The van der Waals surface area contributed by atoms with Gasteiger partial charge in [-0.15, -0.1) is 96.7 Å². The second-order valence-electron chi connectivity index (χ2n) is 26.7. The molecule has 51 heteroatoms. The quantitative estimate of drug-likeness (QED) is 0.0158. The third-order valence-corrected chi connectivity index (χ3v) is 20.7. The molecule has 15 N–H and O–H groups in total. The average Bonchev–Trinajstić information content (AvgIpc) is 1.67. The molecule has 33 nitrogen and oxygen atoms in total. The summed E-state index contributed by atoms with van der Waals surface area (Å²) in [5, 5.41) is 94.9. The van der Waals surface area contributed by atoms with Gasteiger partial charge in [-0.25, -0.2) is 38.3 Å². The van der Waals surface area contributed by atoms with E-state index in [0.717, 1.165) is 0 Å². The van der Waals surface area contributed by atoms with Crippen molar-refractivity contribution in [2.75, 3.05) is 12.9 Å². The number of aliphatic imine (C=N–C) groups is 4. The summed E-state index contributed by atoms with van der Waals surface area (Å²) in [6.45, 7) is 19.9. The third kappa shape index (κ3) is 52.4. The summed E-state index contributed by atoms with van der Waals surface area (Å²) in [6.07, 6.45) is 12.7. The second kappa shape index (κ2) is 71.3. The van der Waals surface area contributed by atoms with Crippen LogP contribution >= 0.6 is 167 Å². The van der Waals surface area contributed by atoms with Gasteiger partial charge < -0.3 is 96.2 Å². The van der Waals surface area contributed by atoms with Crippen molar-refractivity contribution in [3.05, 3.63) is 161 Å². The summed E-state index contributed by atoms with van der Waals surface area (Å²) in [7, 11) is 6.36. The molecule has 0 fully saturated rings. The van der Waals surface area contributed by atoms with Gasteiger partial charge in [0.05, 0.1) is 51.5 Å². The number of carboxylic acid groups (broad SMARTS) is 5. The Morgan fingerprint density at radius 1 is 0.538 bits per heavy atom. The van der Waals surface area contributed by atoms with E-state index in [1.165, 1.54) is 59.3 Å². The fraction of sp³-hybridized carbons (Fsp3) is 0.420. The maximum Gasteiger partial charge on any atom is 1.00 e. The molecule has 0 saturated carbocycles.